The topological polar surface area (TPSA) is 85.4 Å². The maximum absolute atomic E-state index is 14.2. The van der Waals surface area contributed by atoms with E-state index in [0.717, 1.165) is 62.1 Å². The first-order valence-corrected chi connectivity index (χ1v) is 15.3. The molecule has 1 aliphatic carbocycles. The van der Waals surface area contributed by atoms with Crippen LogP contribution in [0.25, 0.3) is 10.4 Å². The molecule has 4 rings (SSSR count). The Morgan fingerprint density at radius 3 is 2.35 bits per heavy atom. The van der Waals surface area contributed by atoms with E-state index in [9.17, 15) is 14.4 Å². The van der Waals surface area contributed by atoms with Gasteiger partial charge in [-0.15, -0.1) is 11.3 Å². The second-order valence-electron chi connectivity index (χ2n) is 11.2. The lowest BCUT2D eigenvalue weighted by atomic mass is 9.82. The van der Waals surface area contributed by atoms with E-state index in [1.165, 1.54) is 11.3 Å². The first-order chi connectivity index (χ1) is 19.3. The van der Waals surface area contributed by atoms with E-state index in [1.807, 2.05) is 48.2 Å². The SMILES string of the molecule is CCC(C)OC(=O)OCOC(=O)c1sc(-c2ccccc2)cc1N(C(=O)C1CCC(C)CC1)C1CCN(C)CC1. The maximum Gasteiger partial charge on any atom is 0.511 e. The van der Waals surface area contributed by atoms with E-state index < -0.39 is 18.9 Å². The van der Waals surface area contributed by atoms with E-state index in [0.29, 0.717) is 22.9 Å². The molecule has 1 saturated carbocycles. The number of hydrogen-bond acceptors (Lipinski definition) is 8. The molecule has 2 aliphatic rings. The van der Waals surface area contributed by atoms with Gasteiger partial charge in [-0.3, -0.25) is 4.79 Å². The molecule has 1 unspecified atom stereocenters. The molecule has 218 valence electrons. The van der Waals surface area contributed by atoms with Crippen LogP contribution in [0.4, 0.5) is 10.5 Å². The molecule has 8 nitrogen and oxygen atoms in total. The average molecular weight is 571 g/mol. The minimum absolute atomic E-state index is 0.00502. The summed E-state index contributed by atoms with van der Waals surface area (Å²) in [5, 5.41) is 0. The summed E-state index contributed by atoms with van der Waals surface area (Å²) in [7, 11) is 2.10. The Morgan fingerprint density at radius 1 is 1.02 bits per heavy atom. The number of anilines is 1. The van der Waals surface area contributed by atoms with Crippen molar-refractivity contribution in [1.29, 1.82) is 0 Å². The summed E-state index contributed by atoms with van der Waals surface area (Å²) in [4.78, 5) is 45.0. The van der Waals surface area contributed by atoms with Gasteiger partial charge in [0.2, 0.25) is 12.7 Å². The molecule has 1 aliphatic heterocycles. The number of carbonyl (C=O) groups is 3. The van der Waals surface area contributed by atoms with Gasteiger partial charge in [0.05, 0.1) is 5.69 Å². The molecule has 0 radical (unpaired) electrons. The van der Waals surface area contributed by atoms with Gasteiger partial charge in [0, 0.05) is 16.8 Å². The summed E-state index contributed by atoms with van der Waals surface area (Å²) in [6.45, 7) is 7.11. The van der Waals surface area contributed by atoms with E-state index in [2.05, 4.69) is 18.9 Å². The number of rotatable bonds is 9. The third kappa shape index (κ3) is 7.63. The van der Waals surface area contributed by atoms with Gasteiger partial charge in [-0.25, -0.2) is 9.59 Å². The number of carbonyl (C=O) groups excluding carboxylic acids is 3. The Balaban J connectivity index is 1.64. The fraction of sp³-hybridized carbons (Fsp3) is 0.581. The van der Waals surface area contributed by atoms with Gasteiger partial charge in [0.15, 0.2) is 0 Å². The van der Waals surface area contributed by atoms with Crippen LogP contribution >= 0.6 is 11.3 Å². The van der Waals surface area contributed by atoms with Gasteiger partial charge in [-0.05, 0) is 89.6 Å². The second-order valence-corrected chi connectivity index (χ2v) is 12.2. The van der Waals surface area contributed by atoms with E-state index in [1.54, 1.807) is 6.92 Å². The molecule has 1 amide bonds. The van der Waals surface area contributed by atoms with E-state index in [-0.39, 0.29) is 24.0 Å². The van der Waals surface area contributed by atoms with Gasteiger partial charge in [-0.2, -0.15) is 0 Å². The quantitative estimate of drug-likeness (QED) is 0.244. The fourth-order valence-electron chi connectivity index (χ4n) is 5.38. The van der Waals surface area contributed by atoms with Crippen molar-refractivity contribution >= 4 is 35.1 Å². The minimum Gasteiger partial charge on any atom is -0.431 e. The zero-order chi connectivity index (χ0) is 28.6. The monoisotopic (exact) mass is 570 g/mol. The molecule has 1 aromatic heterocycles. The van der Waals surface area contributed by atoms with Crippen molar-refractivity contribution in [3.8, 4) is 10.4 Å². The average Bonchev–Trinajstić information content (AvgIpc) is 3.40. The highest BCUT2D eigenvalue weighted by atomic mass is 32.1. The summed E-state index contributed by atoms with van der Waals surface area (Å²) >= 11 is 1.30. The highest BCUT2D eigenvalue weighted by Gasteiger charge is 2.37. The maximum atomic E-state index is 14.2. The predicted molar refractivity (Wildman–Crippen MR) is 156 cm³/mol. The predicted octanol–water partition coefficient (Wildman–Crippen LogP) is 6.73. The third-order valence-corrected chi connectivity index (χ3v) is 9.26. The van der Waals surface area contributed by atoms with Crippen LogP contribution in [0, 0.1) is 11.8 Å². The molecule has 2 heterocycles. The molecule has 2 aromatic rings. The first kappa shape index (κ1) is 30.1. The lowest BCUT2D eigenvalue weighted by Crippen LogP contribution is -2.49. The minimum atomic E-state index is -0.881. The van der Waals surface area contributed by atoms with Gasteiger partial charge < -0.3 is 24.0 Å². The van der Waals surface area contributed by atoms with Gasteiger partial charge in [-0.1, -0.05) is 44.2 Å². The summed E-state index contributed by atoms with van der Waals surface area (Å²) in [5.41, 5.74) is 1.55. The Labute approximate surface area is 241 Å². The van der Waals surface area contributed by atoms with Crippen LogP contribution in [0.5, 0.6) is 0 Å². The molecule has 0 bridgehead atoms. The number of thiophene rings is 1. The zero-order valence-corrected chi connectivity index (χ0v) is 24.9. The van der Waals surface area contributed by atoms with Crippen LogP contribution < -0.4 is 4.90 Å². The van der Waals surface area contributed by atoms with Crippen LogP contribution in [0.1, 0.15) is 75.4 Å². The van der Waals surface area contributed by atoms with Crippen molar-refractivity contribution in [2.24, 2.45) is 11.8 Å². The number of esters is 1. The van der Waals surface area contributed by atoms with Crippen molar-refractivity contribution in [1.82, 2.24) is 4.90 Å². The molecule has 1 atom stereocenters. The summed E-state index contributed by atoms with van der Waals surface area (Å²) in [6, 6.07) is 11.8. The van der Waals surface area contributed by atoms with Crippen molar-refractivity contribution in [3.05, 3.63) is 41.3 Å². The molecule has 9 heteroatoms. The third-order valence-electron chi connectivity index (χ3n) is 8.11. The summed E-state index contributed by atoms with van der Waals surface area (Å²) < 4.78 is 15.5. The Hall–Kier alpha value is -2.91. The highest BCUT2D eigenvalue weighted by Crippen LogP contribution is 2.41. The van der Waals surface area contributed by atoms with Crippen LogP contribution in [0.3, 0.4) is 0 Å². The summed E-state index contributed by atoms with van der Waals surface area (Å²) in [6.07, 6.45) is 4.95. The number of amides is 1. The molecule has 1 aromatic carbocycles. The van der Waals surface area contributed by atoms with E-state index >= 15 is 0 Å². The van der Waals surface area contributed by atoms with Crippen molar-refractivity contribution in [2.75, 3.05) is 31.8 Å². The molecular weight excluding hydrogens is 528 g/mol. The smallest absolute Gasteiger partial charge is 0.431 e. The van der Waals surface area contributed by atoms with Crippen LogP contribution in [0.2, 0.25) is 0 Å². The number of nitrogens with zero attached hydrogens (tertiary/aromatic N) is 2. The number of ether oxygens (including phenoxy) is 3. The summed E-state index contributed by atoms with van der Waals surface area (Å²) in [5.74, 6) is 0.0467. The molecule has 1 saturated heterocycles. The zero-order valence-electron chi connectivity index (χ0n) is 24.1. The van der Waals surface area contributed by atoms with Gasteiger partial charge >= 0.3 is 12.1 Å². The van der Waals surface area contributed by atoms with Gasteiger partial charge in [0.1, 0.15) is 11.0 Å². The Morgan fingerprint density at radius 2 is 1.70 bits per heavy atom. The Kier molecular flexibility index (Phi) is 10.6. The Bertz CT molecular complexity index is 1140. The highest BCUT2D eigenvalue weighted by molar-refractivity contribution is 7.18. The van der Waals surface area contributed by atoms with Crippen LogP contribution in [-0.2, 0) is 19.0 Å². The normalized spacial score (nSPS) is 20.9. The van der Waals surface area contributed by atoms with Crippen molar-refractivity contribution in [3.63, 3.8) is 0 Å². The standard InChI is InChI=1S/C31H42N2O6S/c1-5-22(3)39-31(36)38-20-37-30(35)28-26(19-27(40-28)23-9-7-6-8-10-23)33(25-15-17-32(4)18-16-25)29(34)24-13-11-21(2)12-14-24/h6-10,19,21-22,24-25H,5,11-18,20H2,1-4H3. The van der Waals surface area contributed by atoms with Crippen LogP contribution in [0.15, 0.2) is 36.4 Å². The van der Waals surface area contributed by atoms with Crippen molar-refractivity contribution < 1.29 is 28.6 Å². The largest absolute Gasteiger partial charge is 0.511 e. The molecular formula is C31H42N2O6S. The van der Waals surface area contributed by atoms with Crippen molar-refractivity contribution in [2.45, 2.75) is 77.9 Å². The molecule has 40 heavy (non-hydrogen) atoms. The molecule has 0 spiro atoms. The number of hydrogen-bond donors (Lipinski definition) is 0. The molecule has 2 fully saturated rings. The lowest BCUT2D eigenvalue weighted by Gasteiger charge is -2.40. The number of likely N-dealkylation sites (tertiary alicyclic amines) is 1. The van der Waals surface area contributed by atoms with Gasteiger partial charge in [0.25, 0.3) is 0 Å². The number of benzene rings is 1. The molecule has 0 N–H and O–H groups in total. The second kappa shape index (κ2) is 14.1. The first-order valence-electron chi connectivity index (χ1n) is 14.5. The van der Waals surface area contributed by atoms with E-state index in [4.69, 9.17) is 14.2 Å². The fourth-order valence-corrected chi connectivity index (χ4v) is 6.43. The lowest BCUT2D eigenvalue weighted by molar-refractivity contribution is -0.124. The number of piperidine rings is 1. The van der Waals surface area contributed by atoms with Crippen LogP contribution in [-0.4, -0.2) is 62.0 Å².